The Morgan fingerprint density at radius 1 is 1.22 bits per heavy atom. The molecule has 27 heavy (non-hydrogen) atoms. The number of aliphatic carboxylic acids is 1. The van der Waals surface area contributed by atoms with E-state index in [0.717, 1.165) is 12.1 Å². The predicted molar refractivity (Wildman–Crippen MR) is 94.3 cm³/mol. The van der Waals surface area contributed by atoms with Crippen LogP contribution in [-0.2, 0) is 11.0 Å². The number of alkyl halides is 3. The van der Waals surface area contributed by atoms with E-state index >= 15 is 0 Å². The lowest BCUT2D eigenvalue weighted by molar-refractivity contribution is -0.142. The van der Waals surface area contributed by atoms with Crippen molar-refractivity contribution in [2.75, 3.05) is 13.6 Å². The summed E-state index contributed by atoms with van der Waals surface area (Å²) in [5.74, 6) is -1.34. The van der Waals surface area contributed by atoms with Crippen LogP contribution in [0.5, 0.6) is 0 Å². The summed E-state index contributed by atoms with van der Waals surface area (Å²) in [5, 5.41) is 9.03. The maximum atomic E-state index is 13.0. The van der Waals surface area contributed by atoms with Gasteiger partial charge < -0.3 is 9.67 Å². The Labute approximate surface area is 155 Å². The smallest absolute Gasteiger partial charge is 0.416 e. The number of carbonyl (C=O) groups excluding carboxylic acids is 1. The lowest BCUT2D eigenvalue weighted by Gasteiger charge is -2.20. The third-order valence-corrected chi connectivity index (χ3v) is 4.57. The van der Waals surface area contributed by atoms with Crippen LogP contribution in [-0.4, -0.2) is 46.0 Å². The topological polar surface area (TPSA) is 62.5 Å². The number of aromatic nitrogens is 1. The Kier molecular flexibility index (Phi) is 5.79. The molecule has 0 aliphatic carbocycles. The van der Waals surface area contributed by atoms with Crippen LogP contribution in [0, 0.1) is 13.8 Å². The monoisotopic (exact) mass is 382 g/mol. The van der Waals surface area contributed by atoms with E-state index in [1.807, 2.05) is 0 Å². The van der Waals surface area contributed by atoms with Crippen molar-refractivity contribution in [1.82, 2.24) is 9.47 Å². The molecule has 1 aromatic heterocycles. The molecule has 5 nitrogen and oxygen atoms in total. The number of benzene rings is 1. The number of carboxylic acids is 1. The third kappa shape index (κ3) is 4.39. The molecule has 0 spiro atoms. The second kappa shape index (κ2) is 7.56. The zero-order chi connectivity index (χ0) is 20.5. The summed E-state index contributed by atoms with van der Waals surface area (Å²) in [5.41, 5.74) is 1.02. The highest BCUT2D eigenvalue weighted by Crippen LogP contribution is 2.31. The summed E-state index contributed by atoms with van der Waals surface area (Å²) in [7, 11) is 1.53. The number of Topliss-reactive ketones (excluding diaryl/α,β-unsaturated/α-hetero) is 1. The minimum absolute atomic E-state index is 0.111. The highest BCUT2D eigenvalue weighted by Gasteiger charge is 2.31. The summed E-state index contributed by atoms with van der Waals surface area (Å²) < 4.78 is 40.5. The average molecular weight is 382 g/mol. The van der Waals surface area contributed by atoms with Crippen molar-refractivity contribution < 1.29 is 27.9 Å². The number of rotatable bonds is 6. The number of aryl methyl sites for hydroxylation is 1. The number of carbonyl (C=O) groups is 2. The fourth-order valence-electron chi connectivity index (χ4n) is 2.90. The van der Waals surface area contributed by atoms with E-state index in [1.54, 1.807) is 30.5 Å². The van der Waals surface area contributed by atoms with E-state index < -0.39 is 23.8 Å². The van der Waals surface area contributed by atoms with Crippen molar-refractivity contribution in [3.05, 3.63) is 52.8 Å². The molecule has 0 amide bonds. The molecule has 146 valence electrons. The zero-order valence-electron chi connectivity index (χ0n) is 15.5. The lowest BCUT2D eigenvalue weighted by atomic mass is 10.1. The van der Waals surface area contributed by atoms with Gasteiger partial charge in [-0.05, 0) is 52.1 Å². The molecule has 0 saturated heterocycles. The fourth-order valence-corrected chi connectivity index (χ4v) is 2.90. The van der Waals surface area contributed by atoms with E-state index in [2.05, 4.69) is 0 Å². The van der Waals surface area contributed by atoms with Crippen LogP contribution in [0.15, 0.2) is 30.3 Å². The first-order chi connectivity index (χ1) is 12.4. The van der Waals surface area contributed by atoms with Crippen LogP contribution in [0.4, 0.5) is 13.2 Å². The van der Waals surface area contributed by atoms with Gasteiger partial charge in [-0.1, -0.05) is 6.07 Å². The van der Waals surface area contributed by atoms with Gasteiger partial charge in [-0.2, -0.15) is 13.2 Å². The van der Waals surface area contributed by atoms with E-state index in [0.29, 0.717) is 22.6 Å². The molecule has 1 aromatic carbocycles. The summed E-state index contributed by atoms with van der Waals surface area (Å²) in [6, 6.07) is 5.67. The Morgan fingerprint density at radius 2 is 1.85 bits per heavy atom. The molecule has 2 aromatic rings. The van der Waals surface area contributed by atoms with Crippen molar-refractivity contribution in [3.63, 3.8) is 0 Å². The molecule has 1 N–H and O–H groups in total. The fraction of sp³-hybridized carbons (Fsp3) is 0.368. The quantitative estimate of drug-likeness (QED) is 0.774. The van der Waals surface area contributed by atoms with Gasteiger partial charge in [0.05, 0.1) is 12.1 Å². The van der Waals surface area contributed by atoms with Crippen LogP contribution in [0.1, 0.15) is 34.2 Å². The van der Waals surface area contributed by atoms with Crippen LogP contribution in [0.3, 0.4) is 0 Å². The maximum Gasteiger partial charge on any atom is 0.416 e. The summed E-state index contributed by atoms with van der Waals surface area (Å²) in [6.45, 7) is 4.72. The summed E-state index contributed by atoms with van der Waals surface area (Å²) >= 11 is 0. The molecule has 0 fully saturated rings. The standard InChI is InChI=1S/C19H21F3N2O3/c1-11-8-16(17(25)10-23(4)13(3)18(26)27)12(2)24(11)15-7-5-6-14(9-15)19(20,21)22/h5-9,13H,10H2,1-4H3,(H,26,27). The van der Waals surface area contributed by atoms with Gasteiger partial charge in [0.1, 0.15) is 6.04 Å². The van der Waals surface area contributed by atoms with Crippen molar-refractivity contribution in [3.8, 4) is 5.69 Å². The normalized spacial score (nSPS) is 13.0. The van der Waals surface area contributed by atoms with E-state index in [-0.39, 0.29) is 12.3 Å². The molecule has 8 heteroatoms. The van der Waals surface area contributed by atoms with Gasteiger partial charge >= 0.3 is 12.1 Å². The second-order valence-corrected chi connectivity index (χ2v) is 6.52. The summed E-state index contributed by atoms with van der Waals surface area (Å²) in [4.78, 5) is 25.0. The molecular weight excluding hydrogens is 361 g/mol. The van der Waals surface area contributed by atoms with Gasteiger partial charge in [-0.15, -0.1) is 0 Å². The van der Waals surface area contributed by atoms with Crippen molar-refractivity contribution in [1.29, 1.82) is 0 Å². The number of likely N-dealkylation sites (N-methyl/N-ethyl adjacent to an activating group) is 1. The molecule has 1 unspecified atom stereocenters. The second-order valence-electron chi connectivity index (χ2n) is 6.52. The Bertz CT molecular complexity index is 872. The Balaban J connectivity index is 2.37. The number of hydrogen-bond acceptors (Lipinski definition) is 3. The number of hydrogen-bond donors (Lipinski definition) is 1. The number of carboxylic acid groups (broad SMARTS) is 1. The number of halogens is 3. The van der Waals surface area contributed by atoms with Crippen LogP contribution in [0.2, 0.25) is 0 Å². The van der Waals surface area contributed by atoms with E-state index in [9.17, 15) is 22.8 Å². The van der Waals surface area contributed by atoms with E-state index in [1.165, 1.54) is 24.9 Å². The first-order valence-corrected chi connectivity index (χ1v) is 8.26. The first-order valence-electron chi connectivity index (χ1n) is 8.26. The molecule has 0 saturated carbocycles. The average Bonchev–Trinajstić information content (AvgIpc) is 2.87. The van der Waals surface area contributed by atoms with Crippen LogP contribution < -0.4 is 0 Å². The zero-order valence-corrected chi connectivity index (χ0v) is 15.5. The van der Waals surface area contributed by atoms with E-state index in [4.69, 9.17) is 5.11 Å². The number of nitrogens with zero attached hydrogens (tertiary/aromatic N) is 2. The van der Waals surface area contributed by atoms with Gasteiger partial charge in [0.15, 0.2) is 5.78 Å². The molecule has 0 bridgehead atoms. The molecule has 0 aliphatic rings. The molecular formula is C19H21F3N2O3. The van der Waals surface area contributed by atoms with Crippen molar-refractivity contribution in [2.24, 2.45) is 0 Å². The predicted octanol–water partition coefficient (Wildman–Crippen LogP) is 3.70. The van der Waals surface area contributed by atoms with Crippen LogP contribution in [0.25, 0.3) is 5.69 Å². The van der Waals surface area contributed by atoms with Crippen LogP contribution >= 0.6 is 0 Å². The largest absolute Gasteiger partial charge is 0.480 e. The molecule has 1 heterocycles. The minimum Gasteiger partial charge on any atom is -0.480 e. The molecule has 0 radical (unpaired) electrons. The lowest BCUT2D eigenvalue weighted by Crippen LogP contribution is -2.39. The highest BCUT2D eigenvalue weighted by molar-refractivity contribution is 5.99. The van der Waals surface area contributed by atoms with Crippen molar-refractivity contribution in [2.45, 2.75) is 33.0 Å². The maximum absolute atomic E-state index is 13.0. The Morgan fingerprint density at radius 3 is 2.41 bits per heavy atom. The van der Waals surface area contributed by atoms with Crippen molar-refractivity contribution >= 4 is 11.8 Å². The van der Waals surface area contributed by atoms with Gasteiger partial charge in [0.25, 0.3) is 0 Å². The molecule has 0 aliphatic heterocycles. The number of ketones is 1. The SMILES string of the molecule is Cc1cc(C(=O)CN(C)C(C)C(=O)O)c(C)n1-c1cccc(C(F)(F)F)c1. The highest BCUT2D eigenvalue weighted by atomic mass is 19.4. The third-order valence-electron chi connectivity index (χ3n) is 4.57. The Hall–Kier alpha value is -2.61. The minimum atomic E-state index is -4.46. The van der Waals surface area contributed by atoms with Gasteiger partial charge in [-0.3, -0.25) is 14.5 Å². The first kappa shape index (κ1) is 20.7. The summed E-state index contributed by atoms with van der Waals surface area (Å²) in [6.07, 6.45) is -4.46. The van der Waals surface area contributed by atoms with Gasteiger partial charge in [0.2, 0.25) is 0 Å². The molecule has 2 rings (SSSR count). The van der Waals surface area contributed by atoms with Gasteiger partial charge in [-0.25, -0.2) is 0 Å². The van der Waals surface area contributed by atoms with Gasteiger partial charge in [0, 0.05) is 22.6 Å². The molecule has 1 atom stereocenters.